The third-order valence-corrected chi connectivity index (χ3v) is 3.40. The fraction of sp³-hybridized carbons (Fsp3) is 0. The molecule has 78 valence electrons. The molecule has 0 spiro atoms. The van der Waals surface area contributed by atoms with E-state index in [1.54, 1.807) is 24.8 Å². The van der Waals surface area contributed by atoms with E-state index in [0.29, 0.717) is 10.0 Å². The molecule has 0 radical (unpaired) electrons. The van der Waals surface area contributed by atoms with Gasteiger partial charge in [-0.1, -0.05) is 23.2 Å². The predicted octanol–water partition coefficient (Wildman–Crippen LogP) is 4.09. The first kappa shape index (κ1) is 9.82. The van der Waals surface area contributed by atoms with E-state index in [4.69, 9.17) is 23.2 Å². The molecule has 0 bridgehead atoms. The summed E-state index contributed by atoms with van der Waals surface area (Å²) in [5.74, 6) is 0. The van der Waals surface area contributed by atoms with E-state index in [1.165, 1.54) is 0 Å². The third kappa shape index (κ3) is 1.27. The number of pyridine rings is 2. The molecule has 2 aromatic heterocycles. The van der Waals surface area contributed by atoms with Gasteiger partial charge in [0.15, 0.2) is 0 Å². The third-order valence-electron chi connectivity index (χ3n) is 2.59. The van der Waals surface area contributed by atoms with Crippen molar-refractivity contribution < 1.29 is 0 Å². The van der Waals surface area contributed by atoms with Gasteiger partial charge in [0, 0.05) is 46.3 Å². The molecule has 2 nitrogen and oxygen atoms in total. The lowest BCUT2D eigenvalue weighted by Gasteiger charge is -2.07. The van der Waals surface area contributed by atoms with Crippen molar-refractivity contribution in [3.63, 3.8) is 0 Å². The Morgan fingerprint density at radius 1 is 0.688 bits per heavy atom. The van der Waals surface area contributed by atoms with Crippen molar-refractivity contribution in [3.8, 4) is 0 Å². The normalized spacial score (nSPS) is 11.1. The summed E-state index contributed by atoms with van der Waals surface area (Å²) in [7, 11) is 0. The summed E-state index contributed by atoms with van der Waals surface area (Å²) in [5, 5.41) is 4.89. The van der Waals surface area contributed by atoms with Crippen LogP contribution in [0.1, 0.15) is 0 Å². The molecule has 0 fully saturated rings. The van der Waals surface area contributed by atoms with Crippen LogP contribution in [0, 0.1) is 0 Å². The summed E-state index contributed by atoms with van der Waals surface area (Å²) in [5.41, 5.74) is 0. The van der Waals surface area contributed by atoms with E-state index < -0.39 is 0 Å². The monoisotopic (exact) mass is 248 g/mol. The van der Waals surface area contributed by atoms with Gasteiger partial charge in [-0.15, -0.1) is 0 Å². The van der Waals surface area contributed by atoms with Crippen LogP contribution >= 0.6 is 23.2 Å². The van der Waals surface area contributed by atoms with Crippen LogP contribution in [0.25, 0.3) is 21.5 Å². The molecule has 3 rings (SSSR count). The lowest BCUT2D eigenvalue weighted by Crippen LogP contribution is -1.84. The Bertz CT molecular complexity index is 578. The van der Waals surface area contributed by atoms with Crippen molar-refractivity contribution in [1.82, 2.24) is 9.97 Å². The summed E-state index contributed by atoms with van der Waals surface area (Å²) in [6, 6.07) is 3.71. The van der Waals surface area contributed by atoms with E-state index in [9.17, 15) is 0 Å². The van der Waals surface area contributed by atoms with E-state index >= 15 is 0 Å². The van der Waals surface area contributed by atoms with E-state index in [1.807, 2.05) is 12.1 Å². The number of fused-ring (bicyclic) bond motifs is 2. The molecule has 0 aliphatic heterocycles. The standard InChI is InChI=1S/C12H6Cl2N2/c13-11-7-1-3-15-5-9(7)12(14)8-2-4-16-6-10(8)11/h1-6H. The highest BCUT2D eigenvalue weighted by Gasteiger charge is 2.10. The van der Waals surface area contributed by atoms with Gasteiger partial charge in [0.05, 0.1) is 10.0 Å². The van der Waals surface area contributed by atoms with Gasteiger partial charge in [0.25, 0.3) is 0 Å². The van der Waals surface area contributed by atoms with Crippen molar-refractivity contribution >= 4 is 44.7 Å². The minimum Gasteiger partial charge on any atom is -0.264 e. The van der Waals surface area contributed by atoms with Crippen molar-refractivity contribution in [2.45, 2.75) is 0 Å². The molecule has 0 aliphatic carbocycles. The van der Waals surface area contributed by atoms with Crippen LogP contribution < -0.4 is 0 Å². The molecular weight excluding hydrogens is 243 g/mol. The maximum absolute atomic E-state index is 6.32. The van der Waals surface area contributed by atoms with E-state index in [-0.39, 0.29) is 0 Å². The molecule has 3 aromatic rings. The van der Waals surface area contributed by atoms with Crippen LogP contribution in [0.5, 0.6) is 0 Å². The Labute approximate surface area is 102 Å². The molecule has 16 heavy (non-hydrogen) atoms. The molecule has 0 saturated heterocycles. The smallest absolute Gasteiger partial charge is 0.0580 e. The Kier molecular flexibility index (Phi) is 2.20. The number of benzene rings is 1. The maximum atomic E-state index is 6.32. The lowest BCUT2D eigenvalue weighted by molar-refractivity contribution is 1.35. The van der Waals surface area contributed by atoms with Crippen molar-refractivity contribution in [2.75, 3.05) is 0 Å². The molecule has 0 saturated carbocycles. The molecule has 0 unspecified atom stereocenters. The first-order chi connectivity index (χ1) is 7.79. The van der Waals surface area contributed by atoms with Crippen molar-refractivity contribution in [3.05, 3.63) is 47.0 Å². The van der Waals surface area contributed by atoms with Crippen LogP contribution in [0.4, 0.5) is 0 Å². The van der Waals surface area contributed by atoms with Crippen LogP contribution in [0.15, 0.2) is 36.9 Å². The minimum absolute atomic E-state index is 0.671. The zero-order valence-electron chi connectivity index (χ0n) is 8.11. The SMILES string of the molecule is Clc1c2ccncc2c(Cl)c2ccncc12. The van der Waals surface area contributed by atoms with E-state index in [0.717, 1.165) is 21.5 Å². The van der Waals surface area contributed by atoms with Gasteiger partial charge in [0.2, 0.25) is 0 Å². The second-order valence-electron chi connectivity index (χ2n) is 3.47. The number of nitrogens with zero attached hydrogens (tertiary/aromatic N) is 2. The average molecular weight is 249 g/mol. The summed E-state index contributed by atoms with van der Waals surface area (Å²) in [6.45, 7) is 0. The van der Waals surface area contributed by atoms with Gasteiger partial charge in [0.1, 0.15) is 0 Å². The fourth-order valence-corrected chi connectivity index (χ4v) is 2.44. The second-order valence-corrected chi connectivity index (χ2v) is 4.23. The van der Waals surface area contributed by atoms with Gasteiger partial charge >= 0.3 is 0 Å². The topological polar surface area (TPSA) is 25.8 Å². The van der Waals surface area contributed by atoms with Crippen LogP contribution in [-0.2, 0) is 0 Å². The highest BCUT2D eigenvalue weighted by atomic mass is 35.5. The largest absolute Gasteiger partial charge is 0.264 e. The summed E-state index contributed by atoms with van der Waals surface area (Å²) in [6.07, 6.45) is 6.85. The molecule has 0 amide bonds. The Morgan fingerprint density at radius 3 is 1.56 bits per heavy atom. The highest BCUT2D eigenvalue weighted by Crippen LogP contribution is 2.37. The first-order valence-corrected chi connectivity index (χ1v) is 5.49. The number of aromatic nitrogens is 2. The van der Waals surface area contributed by atoms with Gasteiger partial charge in [-0.3, -0.25) is 9.97 Å². The van der Waals surface area contributed by atoms with Gasteiger partial charge in [-0.05, 0) is 12.1 Å². The molecule has 0 atom stereocenters. The van der Waals surface area contributed by atoms with Crippen LogP contribution in [0.3, 0.4) is 0 Å². The molecule has 0 N–H and O–H groups in total. The Balaban J connectivity index is 2.67. The zero-order valence-corrected chi connectivity index (χ0v) is 9.63. The number of hydrogen-bond acceptors (Lipinski definition) is 2. The first-order valence-electron chi connectivity index (χ1n) is 4.73. The van der Waals surface area contributed by atoms with Crippen LogP contribution in [-0.4, -0.2) is 9.97 Å². The van der Waals surface area contributed by atoms with E-state index in [2.05, 4.69) is 9.97 Å². The Morgan fingerprint density at radius 2 is 1.12 bits per heavy atom. The van der Waals surface area contributed by atoms with Gasteiger partial charge in [-0.2, -0.15) is 0 Å². The van der Waals surface area contributed by atoms with Crippen molar-refractivity contribution in [1.29, 1.82) is 0 Å². The minimum atomic E-state index is 0.671. The fourth-order valence-electron chi connectivity index (χ4n) is 1.81. The Hall–Kier alpha value is -1.38. The number of halogens is 2. The number of hydrogen-bond donors (Lipinski definition) is 0. The van der Waals surface area contributed by atoms with Crippen LogP contribution in [0.2, 0.25) is 10.0 Å². The predicted molar refractivity (Wildman–Crippen MR) is 67.1 cm³/mol. The average Bonchev–Trinajstić information content (AvgIpc) is 2.36. The quantitative estimate of drug-likeness (QED) is 0.561. The van der Waals surface area contributed by atoms with Crippen molar-refractivity contribution in [2.24, 2.45) is 0 Å². The zero-order chi connectivity index (χ0) is 11.1. The number of rotatable bonds is 0. The van der Waals surface area contributed by atoms with Gasteiger partial charge in [-0.25, -0.2) is 0 Å². The molecule has 1 aromatic carbocycles. The highest BCUT2D eigenvalue weighted by molar-refractivity contribution is 6.47. The second kappa shape index (κ2) is 3.58. The summed E-state index contributed by atoms with van der Waals surface area (Å²) >= 11 is 12.6. The molecule has 0 aliphatic rings. The maximum Gasteiger partial charge on any atom is 0.0580 e. The molecule has 2 heterocycles. The van der Waals surface area contributed by atoms with Gasteiger partial charge < -0.3 is 0 Å². The summed E-state index contributed by atoms with van der Waals surface area (Å²) < 4.78 is 0. The molecular formula is C12H6Cl2N2. The summed E-state index contributed by atoms with van der Waals surface area (Å²) in [4.78, 5) is 8.13. The molecule has 4 heteroatoms. The lowest BCUT2D eigenvalue weighted by atomic mass is 10.1.